The topological polar surface area (TPSA) is 41.6 Å². The fraction of sp³-hybridized carbons (Fsp3) is 0.500. The number of rotatable bonds is 6. The highest BCUT2D eigenvalue weighted by Crippen LogP contribution is 2.16. The quantitative estimate of drug-likeness (QED) is 0.867. The van der Waals surface area contributed by atoms with Gasteiger partial charge in [0.05, 0.1) is 0 Å². The molecule has 0 aromatic heterocycles. The molecule has 108 valence electrons. The Morgan fingerprint density at radius 1 is 1.32 bits per heavy atom. The van der Waals surface area contributed by atoms with Crippen molar-refractivity contribution in [2.24, 2.45) is 0 Å². The van der Waals surface area contributed by atoms with Crippen LogP contribution >= 0.6 is 12.4 Å². The molecule has 1 N–H and O–H groups in total. The number of nitrogens with one attached hydrogen (secondary N) is 1. The number of hydrogen-bond acceptors (Lipinski definition) is 3. The van der Waals surface area contributed by atoms with E-state index >= 15 is 0 Å². The molecule has 1 amide bonds. The summed E-state index contributed by atoms with van der Waals surface area (Å²) in [6.45, 7) is 5.64. The van der Waals surface area contributed by atoms with Gasteiger partial charge in [0.25, 0.3) is 5.91 Å². The van der Waals surface area contributed by atoms with Crippen molar-refractivity contribution in [1.82, 2.24) is 10.2 Å². The summed E-state index contributed by atoms with van der Waals surface area (Å²) in [5, 5.41) is 3.01. The maximum atomic E-state index is 11.7. The third-order valence-electron chi connectivity index (χ3n) is 2.96. The number of ether oxygens (including phenoxy) is 1. The second kappa shape index (κ2) is 8.77. The molecule has 19 heavy (non-hydrogen) atoms. The van der Waals surface area contributed by atoms with Crippen molar-refractivity contribution < 1.29 is 9.53 Å². The van der Waals surface area contributed by atoms with E-state index < -0.39 is 0 Å². The van der Waals surface area contributed by atoms with E-state index in [-0.39, 0.29) is 24.9 Å². The number of aryl methyl sites for hydroxylation is 2. The highest BCUT2D eigenvalue weighted by Gasteiger charge is 2.08. The van der Waals surface area contributed by atoms with Crippen LogP contribution < -0.4 is 10.1 Å². The van der Waals surface area contributed by atoms with Gasteiger partial charge < -0.3 is 15.0 Å². The maximum absolute atomic E-state index is 11.7. The van der Waals surface area contributed by atoms with Crippen LogP contribution in [-0.2, 0) is 4.79 Å². The van der Waals surface area contributed by atoms with Crippen LogP contribution in [0.15, 0.2) is 18.2 Å². The second-order valence-electron chi connectivity index (χ2n) is 4.45. The van der Waals surface area contributed by atoms with Gasteiger partial charge in [-0.2, -0.15) is 0 Å². The summed E-state index contributed by atoms with van der Waals surface area (Å²) >= 11 is 0. The fourth-order valence-electron chi connectivity index (χ4n) is 1.46. The van der Waals surface area contributed by atoms with E-state index in [1.807, 2.05) is 32.2 Å². The van der Waals surface area contributed by atoms with Gasteiger partial charge in [0.2, 0.25) is 0 Å². The minimum Gasteiger partial charge on any atom is -0.484 e. The molecule has 0 aliphatic carbocycles. The van der Waals surface area contributed by atoms with Crippen molar-refractivity contribution in [3.63, 3.8) is 0 Å². The monoisotopic (exact) mass is 286 g/mol. The maximum Gasteiger partial charge on any atom is 0.260 e. The van der Waals surface area contributed by atoms with E-state index in [0.29, 0.717) is 6.54 Å². The molecule has 0 heterocycles. The van der Waals surface area contributed by atoms with E-state index in [0.717, 1.165) is 12.3 Å². The van der Waals surface area contributed by atoms with Crippen molar-refractivity contribution in [2.75, 3.05) is 33.8 Å². The van der Waals surface area contributed by atoms with Crippen molar-refractivity contribution >= 4 is 18.3 Å². The Morgan fingerprint density at radius 2 is 2.00 bits per heavy atom. The zero-order valence-corrected chi connectivity index (χ0v) is 12.8. The lowest BCUT2D eigenvalue weighted by Crippen LogP contribution is -2.35. The minimum absolute atomic E-state index is 0. The molecule has 4 nitrogen and oxygen atoms in total. The summed E-state index contributed by atoms with van der Waals surface area (Å²) in [5.74, 6) is 0.733. The lowest BCUT2D eigenvalue weighted by Gasteiger charge is -2.17. The van der Waals surface area contributed by atoms with Gasteiger partial charge in [-0.1, -0.05) is 6.07 Å². The van der Waals surface area contributed by atoms with Crippen LogP contribution in [0.2, 0.25) is 0 Å². The number of halogens is 1. The molecule has 1 rings (SSSR count). The van der Waals surface area contributed by atoms with Crippen molar-refractivity contribution in [3.05, 3.63) is 29.3 Å². The molecule has 0 radical (unpaired) electrons. The van der Waals surface area contributed by atoms with Crippen molar-refractivity contribution in [1.29, 1.82) is 0 Å². The van der Waals surface area contributed by atoms with Gasteiger partial charge >= 0.3 is 0 Å². The Balaban J connectivity index is 0.00000324. The van der Waals surface area contributed by atoms with E-state index in [2.05, 4.69) is 12.2 Å². The summed E-state index contributed by atoms with van der Waals surface area (Å²) in [6.07, 6.45) is 0. The Bertz CT molecular complexity index is 410. The van der Waals surface area contributed by atoms with Gasteiger partial charge in [0, 0.05) is 20.1 Å². The van der Waals surface area contributed by atoms with Crippen molar-refractivity contribution in [2.45, 2.75) is 13.8 Å². The van der Waals surface area contributed by atoms with E-state index in [1.165, 1.54) is 11.1 Å². The molecule has 5 heteroatoms. The van der Waals surface area contributed by atoms with Crippen molar-refractivity contribution in [3.8, 4) is 5.75 Å². The summed E-state index contributed by atoms with van der Waals surface area (Å²) in [6, 6.07) is 5.85. The zero-order valence-electron chi connectivity index (χ0n) is 12.0. The standard InChI is InChI=1S/C14H22N2O2.ClH/c1-11-5-6-13(9-12(11)2)18-10-14(17)16(4)8-7-15-3;/h5-6,9,15H,7-8,10H2,1-4H3;1H. The third-order valence-corrected chi connectivity index (χ3v) is 2.96. The van der Waals surface area contributed by atoms with E-state index in [1.54, 1.807) is 11.9 Å². The van der Waals surface area contributed by atoms with E-state index in [9.17, 15) is 4.79 Å². The number of amides is 1. The number of carbonyl (C=O) groups excluding carboxylic acids is 1. The van der Waals surface area contributed by atoms with Crippen LogP contribution in [0.25, 0.3) is 0 Å². The van der Waals surface area contributed by atoms with Gasteiger partial charge in [-0.05, 0) is 44.2 Å². The average molecular weight is 287 g/mol. The number of likely N-dealkylation sites (N-methyl/N-ethyl adjacent to an activating group) is 2. The van der Waals surface area contributed by atoms with Gasteiger partial charge in [0.15, 0.2) is 6.61 Å². The molecule has 0 spiro atoms. The second-order valence-corrected chi connectivity index (χ2v) is 4.45. The molecule has 1 aromatic carbocycles. The number of carbonyl (C=O) groups is 1. The summed E-state index contributed by atoms with van der Waals surface area (Å²) in [4.78, 5) is 13.4. The average Bonchev–Trinajstić information content (AvgIpc) is 2.36. The minimum atomic E-state index is -0.0107. The first-order chi connectivity index (χ1) is 8.54. The Kier molecular flexibility index (Phi) is 8.19. The SMILES string of the molecule is CNCCN(C)C(=O)COc1ccc(C)c(C)c1.Cl. The Labute approximate surface area is 121 Å². The number of benzene rings is 1. The molecule has 1 aromatic rings. The highest BCUT2D eigenvalue weighted by atomic mass is 35.5. The predicted molar refractivity (Wildman–Crippen MR) is 80.2 cm³/mol. The Hall–Kier alpha value is -1.26. The highest BCUT2D eigenvalue weighted by molar-refractivity contribution is 5.85. The first-order valence-corrected chi connectivity index (χ1v) is 6.13. The number of nitrogens with zero attached hydrogens (tertiary/aromatic N) is 1. The lowest BCUT2D eigenvalue weighted by molar-refractivity contribution is -0.131. The molecule has 0 aliphatic heterocycles. The van der Waals surface area contributed by atoms with Crippen LogP contribution in [0.4, 0.5) is 0 Å². The normalized spacial score (nSPS) is 9.68. The van der Waals surface area contributed by atoms with Crippen LogP contribution in [0.5, 0.6) is 5.75 Å². The molecule has 0 saturated heterocycles. The first-order valence-electron chi connectivity index (χ1n) is 6.13. The lowest BCUT2D eigenvalue weighted by atomic mass is 10.1. The molecular formula is C14H23ClN2O2. The summed E-state index contributed by atoms with van der Waals surface area (Å²) in [7, 11) is 3.65. The molecule has 0 saturated carbocycles. The molecule has 0 atom stereocenters. The molecular weight excluding hydrogens is 264 g/mol. The molecule has 0 unspecified atom stereocenters. The first kappa shape index (κ1) is 17.7. The molecule has 0 bridgehead atoms. The zero-order chi connectivity index (χ0) is 13.5. The van der Waals surface area contributed by atoms with Gasteiger partial charge in [-0.25, -0.2) is 0 Å². The van der Waals surface area contributed by atoms with Crippen LogP contribution in [0, 0.1) is 13.8 Å². The summed E-state index contributed by atoms with van der Waals surface area (Å²) in [5.41, 5.74) is 2.39. The van der Waals surface area contributed by atoms with E-state index in [4.69, 9.17) is 4.74 Å². The third kappa shape index (κ3) is 5.94. The summed E-state index contributed by atoms with van der Waals surface area (Å²) < 4.78 is 5.49. The van der Waals surface area contributed by atoms with Gasteiger partial charge in [-0.3, -0.25) is 4.79 Å². The molecule has 0 aliphatic rings. The Morgan fingerprint density at radius 3 is 2.58 bits per heavy atom. The largest absolute Gasteiger partial charge is 0.484 e. The van der Waals surface area contributed by atoms with Crippen LogP contribution in [0.1, 0.15) is 11.1 Å². The van der Waals surface area contributed by atoms with Crippen LogP contribution in [0.3, 0.4) is 0 Å². The van der Waals surface area contributed by atoms with Crippen LogP contribution in [-0.4, -0.2) is 44.6 Å². The number of hydrogen-bond donors (Lipinski definition) is 1. The van der Waals surface area contributed by atoms with Gasteiger partial charge in [0.1, 0.15) is 5.75 Å². The fourth-order valence-corrected chi connectivity index (χ4v) is 1.46. The molecule has 0 fully saturated rings. The van der Waals surface area contributed by atoms with Gasteiger partial charge in [-0.15, -0.1) is 12.4 Å². The smallest absolute Gasteiger partial charge is 0.260 e. The predicted octanol–water partition coefficient (Wildman–Crippen LogP) is 1.78.